The fourth-order valence-corrected chi connectivity index (χ4v) is 3.81. The molecule has 0 spiro atoms. The van der Waals surface area contributed by atoms with Gasteiger partial charge in [-0.25, -0.2) is 19.9 Å². The van der Waals surface area contributed by atoms with Crippen LogP contribution in [0.5, 0.6) is 0 Å². The lowest BCUT2D eigenvalue weighted by atomic mass is 10.0. The summed E-state index contributed by atoms with van der Waals surface area (Å²) in [4.78, 5) is 34.8. The van der Waals surface area contributed by atoms with Crippen LogP contribution in [0.15, 0.2) is 42.9 Å². The average molecular weight is 405 g/mol. The minimum absolute atomic E-state index is 0.104. The molecule has 0 aromatic carbocycles. The molecule has 7 heteroatoms. The second-order valence-corrected chi connectivity index (χ2v) is 8.28. The number of hydrogen-bond acceptors (Lipinski definition) is 7. The molecule has 1 unspecified atom stereocenters. The van der Waals surface area contributed by atoms with E-state index in [9.17, 15) is 4.79 Å². The molecular weight excluding hydrogens is 376 g/mol. The van der Waals surface area contributed by atoms with Crippen LogP contribution in [0.3, 0.4) is 0 Å². The summed E-state index contributed by atoms with van der Waals surface area (Å²) in [7, 11) is 0. The molecule has 4 rings (SSSR count). The van der Waals surface area contributed by atoms with Gasteiger partial charge in [-0.2, -0.15) is 0 Å². The molecule has 30 heavy (non-hydrogen) atoms. The predicted octanol–water partition coefficient (Wildman–Crippen LogP) is 3.53. The second-order valence-electron chi connectivity index (χ2n) is 8.28. The van der Waals surface area contributed by atoms with Crippen molar-refractivity contribution in [2.75, 3.05) is 31.1 Å². The number of hydrogen-bond donors (Lipinski definition) is 0. The third-order valence-electron chi connectivity index (χ3n) is 5.61. The maximum Gasteiger partial charge on any atom is 0.225 e. The molecule has 4 heterocycles. The Hall–Kier alpha value is -2.93. The first-order valence-corrected chi connectivity index (χ1v) is 10.6. The molecule has 1 saturated heterocycles. The van der Waals surface area contributed by atoms with Crippen LogP contribution in [0.25, 0.3) is 11.0 Å². The monoisotopic (exact) mass is 404 g/mol. The average Bonchev–Trinajstić information content (AvgIpc) is 2.78. The number of piperazine rings is 1. The number of carbonyl (C=O) groups is 1. The van der Waals surface area contributed by atoms with Gasteiger partial charge in [-0.15, -0.1) is 0 Å². The maximum atomic E-state index is 12.2. The van der Waals surface area contributed by atoms with Gasteiger partial charge in [0.25, 0.3) is 0 Å². The third-order valence-corrected chi connectivity index (χ3v) is 5.61. The fourth-order valence-electron chi connectivity index (χ4n) is 3.81. The minimum Gasteiger partial charge on any atom is -0.338 e. The van der Waals surface area contributed by atoms with Crippen molar-refractivity contribution >= 4 is 22.8 Å². The van der Waals surface area contributed by atoms with Gasteiger partial charge in [0, 0.05) is 62.6 Å². The lowest BCUT2D eigenvalue weighted by molar-refractivity contribution is 0.0967. The molecule has 1 atom stereocenters. The van der Waals surface area contributed by atoms with E-state index < -0.39 is 0 Å². The Balaban J connectivity index is 1.37. The summed E-state index contributed by atoms with van der Waals surface area (Å²) in [6.07, 6.45) is 5.63. The fraction of sp³-hybridized carbons (Fsp3) is 0.435. The van der Waals surface area contributed by atoms with Crippen LogP contribution in [-0.4, -0.2) is 56.8 Å². The largest absolute Gasteiger partial charge is 0.338 e. The molecule has 0 amide bonds. The van der Waals surface area contributed by atoms with Crippen molar-refractivity contribution < 1.29 is 4.79 Å². The third kappa shape index (κ3) is 4.46. The van der Waals surface area contributed by atoms with Gasteiger partial charge in [0.2, 0.25) is 5.95 Å². The van der Waals surface area contributed by atoms with E-state index in [1.54, 1.807) is 18.6 Å². The smallest absolute Gasteiger partial charge is 0.225 e. The molecular formula is C23H28N6O. The van der Waals surface area contributed by atoms with Crippen molar-refractivity contribution in [1.29, 1.82) is 0 Å². The van der Waals surface area contributed by atoms with Crippen molar-refractivity contribution in [3.05, 3.63) is 54.1 Å². The molecule has 1 aliphatic heterocycles. The summed E-state index contributed by atoms with van der Waals surface area (Å²) >= 11 is 0. The number of carbonyl (C=O) groups excluding carboxylic acids is 1. The molecule has 0 saturated carbocycles. The van der Waals surface area contributed by atoms with Crippen LogP contribution in [0, 0.1) is 5.92 Å². The first-order chi connectivity index (χ1) is 14.5. The van der Waals surface area contributed by atoms with Crippen LogP contribution < -0.4 is 4.90 Å². The number of nitrogens with zero attached hydrogens (tertiary/aromatic N) is 6. The predicted molar refractivity (Wildman–Crippen MR) is 118 cm³/mol. The summed E-state index contributed by atoms with van der Waals surface area (Å²) in [5, 5.41) is 1.06. The van der Waals surface area contributed by atoms with Crippen LogP contribution in [0.1, 0.15) is 49.3 Å². The van der Waals surface area contributed by atoms with Gasteiger partial charge < -0.3 is 4.90 Å². The van der Waals surface area contributed by atoms with Crippen LogP contribution in [-0.2, 0) is 0 Å². The molecule has 0 bridgehead atoms. The zero-order valence-corrected chi connectivity index (χ0v) is 17.8. The van der Waals surface area contributed by atoms with E-state index >= 15 is 0 Å². The zero-order chi connectivity index (χ0) is 21.1. The molecule has 156 valence electrons. The molecule has 7 nitrogen and oxygen atoms in total. The minimum atomic E-state index is 0.104. The van der Waals surface area contributed by atoms with Gasteiger partial charge in [-0.05, 0) is 37.1 Å². The standard InChI is InChI=1S/C23H28N6O/c1-16(2)13-21(30)19-14-25-23(26-15-19)29-11-9-28(10-12-29)17(3)20-7-6-18-5-4-8-24-22(18)27-20/h4-8,14-17H,9-13H2,1-3H3. The van der Waals surface area contributed by atoms with Crippen molar-refractivity contribution in [2.24, 2.45) is 5.92 Å². The highest BCUT2D eigenvalue weighted by molar-refractivity contribution is 5.95. The molecule has 0 N–H and O–H groups in total. The van der Waals surface area contributed by atoms with Gasteiger partial charge in [0.15, 0.2) is 11.4 Å². The Morgan fingerprint density at radius 3 is 2.43 bits per heavy atom. The van der Waals surface area contributed by atoms with Gasteiger partial charge in [-0.3, -0.25) is 9.69 Å². The number of anilines is 1. The first-order valence-electron chi connectivity index (χ1n) is 10.6. The topological polar surface area (TPSA) is 75.1 Å². The van der Waals surface area contributed by atoms with E-state index in [2.05, 4.69) is 43.8 Å². The Bertz CT molecular complexity index is 1010. The molecule has 3 aromatic rings. The molecule has 0 radical (unpaired) electrons. The lowest BCUT2D eigenvalue weighted by Crippen LogP contribution is -2.47. The Kier molecular flexibility index (Phi) is 5.99. The van der Waals surface area contributed by atoms with E-state index in [-0.39, 0.29) is 11.8 Å². The summed E-state index contributed by atoms with van der Waals surface area (Å²) in [6, 6.07) is 8.37. The highest BCUT2D eigenvalue weighted by atomic mass is 16.1. The Labute approximate surface area is 177 Å². The van der Waals surface area contributed by atoms with E-state index in [0.29, 0.717) is 23.9 Å². The number of Topliss-reactive ketones (excluding diaryl/α,β-unsaturated/α-hetero) is 1. The number of aromatic nitrogens is 4. The van der Waals surface area contributed by atoms with E-state index in [0.717, 1.165) is 42.9 Å². The quantitative estimate of drug-likeness (QED) is 0.582. The Morgan fingerprint density at radius 2 is 1.73 bits per heavy atom. The van der Waals surface area contributed by atoms with E-state index in [4.69, 9.17) is 4.98 Å². The van der Waals surface area contributed by atoms with Crippen molar-refractivity contribution in [1.82, 2.24) is 24.8 Å². The molecule has 3 aromatic heterocycles. The highest BCUT2D eigenvalue weighted by Gasteiger charge is 2.24. The van der Waals surface area contributed by atoms with Crippen LogP contribution >= 0.6 is 0 Å². The molecule has 0 aliphatic carbocycles. The number of pyridine rings is 2. The van der Waals surface area contributed by atoms with Crippen LogP contribution in [0.4, 0.5) is 5.95 Å². The summed E-state index contributed by atoms with van der Waals surface area (Å²) in [5.41, 5.74) is 2.43. The van der Waals surface area contributed by atoms with Gasteiger partial charge in [-0.1, -0.05) is 13.8 Å². The zero-order valence-electron chi connectivity index (χ0n) is 17.8. The Morgan fingerprint density at radius 1 is 1.00 bits per heavy atom. The summed E-state index contributed by atoms with van der Waals surface area (Å²) < 4.78 is 0. The van der Waals surface area contributed by atoms with Crippen molar-refractivity contribution in [3.8, 4) is 0 Å². The van der Waals surface area contributed by atoms with Gasteiger partial charge >= 0.3 is 0 Å². The number of rotatable bonds is 6. The van der Waals surface area contributed by atoms with Crippen molar-refractivity contribution in [2.45, 2.75) is 33.2 Å². The van der Waals surface area contributed by atoms with Gasteiger partial charge in [0.05, 0.1) is 11.3 Å². The summed E-state index contributed by atoms with van der Waals surface area (Å²) in [5.74, 6) is 1.13. The van der Waals surface area contributed by atoms with Crippen molar-refractivity contribution in [3.63, 3.8) is 0 Å². The number of fused-ring (bicyclic) bond motifs is 1. The van der Waals surface area contributed by atoms with Gasteiger partial charge in [0.1, 0.15) is 0 Å². The molecule has 1 aliphatic rings. The summed E-state index contributed by atoms with van der Waals surface area (Å²) in [6.45, 7) is 9.76. The molecule has 1 fully saturated rings. The highest BCUT2D eigenvalue weighted by Crippen LogP contribution is 2.23. The normalized spacial score (nSPS) is 16.2. The van der Waals surface area contributed by atoms with Crippen LogP contribution in [0.2, 0.25) is 0 Å². The maximum absolute atomic E-state index is 12.2. The van der Waals surface area contributed by atoms with E-state index in [1.165, 1.54) is 0 Å². The number of ketones is 1. The SMILES string of the molecule is CC(C)CC(=O)c1cnc(N2CCN(C(C)c3ccc4cccnc4n3)CC2)nc1. The first kappa shape index (κ1) is 20.3. The van der Waals surface area contributed by atoms with E-state index in [1.807, 2.05) is 26.0 Å². The lowest BCUT2D eigenvalue weighted by Gasteiger charge is -2.37. The second kappa shape index (κ2) is 8.83.